The third kappa shape index (κ3) is 10.4. The molecule has 3 nitrogen and oxygen atoms in total. The Morgan fingerprint density at radius 1 is 1.00 bits per heavy atom. The van der Waals surface area contributed by atoms with Crippen LogP contribution in [0, 0.1) is 0 Å². The quantitative estimate of drug-likeness (QED) is 0.597. The first kappa shape index (κ1) is 16.2. The van der Waals surface area contributed by atoms with E-state index in [1.807, 2.05) is 18.2 Å². The number of aromatic nitrogens is 1. The van der Waals surface area contributed by atoms with E-state index in [4.69, 9.17) is 0 Å². The average molecular weight is 165 g/mol. The van der Waals surface area contributed by atoms with Gasteiger partial charge < -0.3 is 11.2 Å². The van der Waals surface area contributed by atoms with E-state index < -0.39 is 0 Å². The molecule has 4 heteroatoms. The molecule has 1 aromatic rings. The van der Waals surface area contributed by atoms with Gasteiger partial charge in [0.1, 0.15) is 0 Å². The predicted molar refractivity (Wildman–Crippen MR) is 45.2 cm³/mol. The zero-order chi connectivity index (χ0) is 6.24. The molecule has 0 unspecified atom stereocenters. The van der Waals surface area contributed by atoms with E-state index in [1.165, 1.54) is 7.05 Å². The molecule has 0 aliphatic carbocycles. The van der Waals surface area contributed by atoms with Gasteiger partial charge in [0.2, 0.25) is 0 Å². The lowest BCUT2D eigenvalue weighted by atomic mass is 10.5. The Morgan fingerprint density at radius 2 is 1.40 bits per heavy atom. The smallest absolute Gasteiger partial charge is 0.0267 e. The van der Waals surface area contributed by atoms with Crippen LogP contribution in [0.25, 0.3) is 0 Å². The molecule has 0 radical (unpaired) electrons. The largest absolute Gasteiger partial charge is 0.412 e. The number of pyridine rings is 1. The van der Waals surface area contributed by atoms with Crippen LogP contribution in [0.4, 0.5) is 0 Å². The van der Waals surface area contributed by atoms with Crippen molar-refractivity contribution in [2.45, 2.75) is 0 Å². The average Bonchev–Trinajstić information content (AvgIpc) is 1.96. The highest BCUT2D eigenvalue weighted by molar-refractivity contribution is 5.85. The number of nitrogens with two attached hydrogens (primary N) is 1. The van der Waals surface area contributed by atoms with Crippen molar-refractivity contribution in [3.05, 3.63) is 30.6 Å². The topological polar surface area (TPSA) is 70.4 Å². The fourth-order valence-corrected chi connectivity index (χ4v) is 0.313. The van der Waals surface area contributed by atoms with Gasteiger partial charge in [-0.2, -0.15) is 0 Å². The lowest BCUT2D eigenvalue weighted by Gasteiger charge is -1.70. The van der Waals surface area contributed by atoms with Crippen molar-refractivity contribution in [3.63, 3.8) is 0 Å². The second-order valence-corrected chi connectivity index (χ2v) is 1.02. The second kappa shape index (κ2) is 15.8. The maximum absolute atomic E-state index is 4.50. The lowest BCUT2D eigenvalue weighted by Crippen LogP contribution is -1.69. The standard InChI is InChI=1S/C5H5N.CH5N.ClH.H2O/c1-2-4-6-5-3-1;1-2;;/h1-5H;2H2,1H3;1H;1H2. The molecule has 0 saturated heterocycles. The van der Waals surface area contributed by atoms with Crippen molar-refractivity contribution in [2.24, 2.45) is 5.73 Å². The molecule has 1 rings (SSSR count). The van der Waals surface area contributed by atoms with Gasteiger partial charge >= 0.3 is 0 Å². The SMILES string of the molecule is CN.Cl.O.c1ccncc1. The summed E-state index contributed by atoms with van der Waals surface area (Å²) in [7, 11) is 1.50. The summed E-state index contributed by atoms with van der Waals surface area (Å²) in [5.74, 6) is 0. The molecular weight excluding hydrogens is 152 g/mol. The van der Waals surface area contributed by atoms with Gasteiger partial charge in [-0.05, 0) is 19.2 Å². The van der Waals surface area contributed by atoms with Crippen molar-refractivity contribution in [1.29, 1.82) is 0 Å². The van der Waals surface area contributed by atoms with Gasteiger partial charge in [-0.15, -0.1) is 12.4 Å². The van der Waals surface area contributed by atoms with Gasteiger partial charge in [0.15, 0.2) is 0 Å². The molecule has 0 saturated carbocycles. The van der Waals surface area contributed by atoms with Gasteiger partial charge in [0.25, 0.3) is 0 Å². The zero-order valence-electron chi connectivity index (χ0n) is 5.82. The first-order valence-corrected chi connectivity index (χ1v) is 2.43. The van der Waals surface area contributed by atoms with Crippen LogP contribution in [0.5, 0.6) is 0 Å². The summed E-state index contributed by atoms with van der Waals surface area (Å²) in [6, 6.07) is 5.72. The van der Waals surface area contributed by atoms with Crippen molar-refractivity contribution in [2.75, 3.05) is 7.05 Å². The Kier molecular flexibility index (Phi) is 25.5. The molecule has 0 aliphatic heterocycles. The third-order valence-corrected chi connectivity index (χ3v) is 0.566. The van der Waals surface area contributed by atoms with Gasteiger partial charge in [-0.3, -0.25) is 4.98 Å². The maximum Gasteiger partial charge on any atom is 0.0267 e. The highest BCUT2D eigenvalue weighted by atomic mass is 35.5. The van der Waals surface area contributed by atoms with E-state index in [0.29, 0.717) is 0 Å². The van der Waals surface area contributed by atoms with E-state index in [9.17, 15) is 0 Å². The molecule has 0 atom stereocenters. The van der Waals surface area contributed by atoms with E-state index in [2.05, 4.69) is 10.7 Å². The number of nitrogens with zero attached hydrogens (tertiary/aromatic N) is 1. The van der Waals surface area contributed by atoms with E-state index in [0.717, 1.165) is 0 Å². The van der Waals surface area contributed by atoms with Gasteiger partial charge in [-0.25, -0.2) is 0 Å². The molecule has 0 spiro atoms. The normalized spacial score (nSPS) is 5.40. The zero-order valence-corrected chi connectivity index (χ0v) is 6.64. The monoisotopic (exact) mass is 164 g/mol. The van der Waals surface area contributed by atoms with Crippen molar-refractivity contribution in [3.8, 4) is 0 Å². The number of halogens is 1. The van der Waals surface area contributed by atoms with Crippen molar-refractivity contribution in [1.82, 2.24) is 4.98 Å². The van der Waals surface area contributed by atoms with Crippen LogP contribution in [-0.2, 0) is 0 Å². The van der Waals surface area contributed by atoms with E-state index in [1.54, 1.807) is 12.4 Å². The molecule has 0 aromatic carbocycles. The molecule has 0 fully saturated rings. The Labute approximate surface area is 67.0 Å². The molecule has 1 aromatic heterocycles. The second-order valence-electron chi connectivity index (χ2n) is 1.02. The van der Waals surface area contributed by atoms with E-state index >= 15 is 0 Å². The van der Waals surface area contributed by atoms with Crippen LogP contribution in [0.2, 0.25) is 0 Å². The van der Waals surface area contributed by atoms with Gasteiger partial charge in [-0.1, -0.05) is 6.07 Å². The molecular formula is C6H13ClN2O. The molecule has 0 amide bonds. The van der Waals surface area contributed by atoms with Crippen LogP contribution >= 0.6 is 12.4 Å². The molecule has 0 aliphatic rings. The molecule has 60 valence electrons. The minimum atomic E-state index is 0. The first-order chi connectivity index (χ1) is 4.00. The summed E-state index contributed by atoms with van der Waals surface area (Å²) in [6.07, 6.45) is 3.50. The van der Waals surface area contributed by atoms with Crippen molar-refractivity contribution >= 4 is 12.4 Å². The highest BCUT2D eigenvalue weighted by Gasteiger charge is 1.58. The van der Waals surface area contributed by atoms with Crippen LogP contribution < -0.4 is 5.73 Å². The summed E-state index contributed by atoms with van der Waals surface area (Å²) >= 11 is 0. The summed E-state index contributed by atoms with van der Waals surface area (Å²) in [6.45, 7) is 0. The molecule has 1 heterocycles. The predicted octanol–water partition coefficient (Wildman–Crippen LogP) is 0.254. The van der Waals surface area contributed by atoms with Crippen LogP contribution in [0.3, 0.4) is 0 Å². The Balaban J connectivity index is -0.000000114. The van der Waals surface area contributed by atoms with Crippen LogP contribution in [-0.4, -0.2) is 17.5 Å². The maximum atomic E-state index is 4.50. The summed E-state index contributed by atoms with van der Waals surface area (Å²) in [5, 5.41) is 0. The first-order valence-electron chi connectivity index (χ1n) is 2.43. The molecule has 10 heavy (non-hydrogen) atoms. The number of rotatable bonds is 0. The Morgan fingerprint density at radius 3 is 1.50 bits per heavy atom. The summed E-state index contributed by atoms with van der Waals surface area (Å²) < 4.78 is 0. The third-order valence-electron chi connectivity index (χ3n) is 0.566. The van der Waals surface area contributed by atoms with Crippen molar-refractivity contribution < 1.29 is 5.48 Å². The Bertz CT molecular complexity index is 87.7. The van der Waals surface area contributed by atoms with E-state index in [-0.39, 0.29) is 17.9 Å². The lowest BCUT2D eigenvalue weighted by molar-refractivity contribution is 0.824. The number of hydrogen-bond donors (Lipinski definition) is 1. The fraction of sp³-hybridized carbons (Fsp3) is 0.167. The fourth-order valence-electron chi connectivity index (χ4n) is 0.313. The molecule has 4 N–H and O–H groups in total. The van der Waals surface area contributed by atoms with Crippen LogP contribution in [0.1, 0.15) is 0 Å². The highest BCUT2D eigenvalue weighted by Crippen LogP contribution is 1.73. The van der Waals surface area contributed by atoms with Crippen LogP contribution in [0.15, 0.2) is 30.6 Å². The molecule has 0 bridgehead atoms. The minimum Gasteiger partial charge on any atom is -0.412 e. The summed E-state index contributed by atoms with van der Waals surface area (Å²) in [5.41, 5.74) is 4.50. The van der Waals surface area contributed by atoms with Gasteiger partial charge in [0.05, 0.1) is 0 Å². The minimum absolute atomic E-state index is 0. The number of hydrogen-bond acceptors (Lipinski definition) is 2. The van der Waals surface area contributed by atoms with Gasteiger partial charge in [0, 0.05) is 12.4 Å². The Hall–Kier alpha value is -0.640. The summed E-state index contributed by atoms with van der Waals surface area (Å²) in [4.78, 5) is 3.78.